The van der Waals surface area contributed by atoms with Gasteiger partial charge >= 0.3 is 6.09 Å². The first-order chi connectivity index (χ1) is 15.2. The van der Waals surface area contributed by atoms with Crippen LogP contribution in [-0.2, 0) is 4.74 Å². The minimum atomic E-state index is -0.464. The molecule has 2 aromatic carbocycles. The molecule has 1 N–H and O–H groups in total. The first-order valence-corrected chi connectivity index (χ1v) is 11.5. The number of nitrogens with one attached hydrogen (secondary N) is 1. The van der Waals surface area contributed by atoms with Crippen molar-refractivity contribution >= 4 is 23.5 Å². The van der Waals surface area contributed by atoms with Crippen LogP contribution in [0.1, 0.15) is 45.2 Å². The molecule has 0 aliphatic carbocycles. The molecule has 2 aromatic rings. The third-order valence-electron chi connectivity index (χ3n) is 5.66. The van der Waals surface area contributed by atoms with Gasteiger partial charge in [-0.1, -0.05) is 43.3 Å². The average Bonchev–Trinajstić information content (AvgIpc) is 2.76. The van der Waals surface area contributed by atoms with Crippen LogP contribution in [0.25, 0.3) is 17.2 Å². The van der Waals surface area contributed by atoms with E-state index in [0.717, 1.165) is 25.2 Å². The summed E-state index contributed by atoms with van der Waals surface area (Å²) < 4.78 is 5.51. The number of allylic oxidation sites excluding steroid dienone is 1. The van der Waals surface area contributed by atoms with Gasteiger partial charge in [-0.2, -0.15) is 0 Å². The number of nitrogens with zero attached hydrogens (tertiary/aromatic N) is 2. The topological polar surface area (TPSA) is 44.8 Å². The van der Waals surface area contributed by atoms with Crippen molar-refractivity contribution in [2.45, 2.75) is 46.6 Å². The highest BCUT2D eigenvalue weighted by Crippen LogP contribution is 2.34. The summed E-state index contributed by atoms with van der Waals surface area (Å²) in [7, 11) is 1.97. The summed E-state index contributed by atoms with van der Waals surface area (Å²) in [6.45, 7) is 12.9. The fourth-order valence-corrected chi connectivity index (χ4v) is 3.99. The average molecular weight is 436 g/mol. The van der Waals surface area contributed by atoms with Gasteiger partial charge in [0.2, 0.25) is 0 Å². The summed E-state index contributed by atoms with van der Waals surface area (Å²) in [5, 5.41) is 3.38. The Morgan fingerprint density at radius 3 is 2.34 bits per heavy atom. The van der Waals surface area contributed by atoms with Gasteiger partial charge in [0.05, 0.1) is 0 Å². The fraction of sp³-hybridized carbons (Fsp3) is 0.444. The SMILES string of the molecule is CC/C=C/c1ccc(-c2ccc(N3CCN(C(=O)OC(C)(C)C)CC3)cc2NC)c(C)c1. The molecule has 172 valence electrons. The van der Waals surface area contributed by atoms with Gasteiger partial charge in [-0.05, 0) is 62.9 Å². The Bertz CT molecular complexity index is 967. The second-order valence-electron chi connectivity index (χ2n) is 9.32. The van der Waals surface area contributed by atoms with E-state index in [1.165, 1.54) is 27.9 Å². The molecular formula is C27H37N3O2. The summed E-state index contributed by atoms with van der Waals surface area (Å²) in [6, 6.07) is 13.2. The highest BCUT2D eigenvalue weighted by molar-refractivity contribution is 5.83. The molecule has 0 radical (unpaired) electrons. The van der Waals surface area contributed by atoms with Crippen molar-refractivity contribution in [1.29, 1.82) is 0 Å². The molecule has 1 amide bonds. The Labute approximate surface area is 193 Å². The van der Waals surface area contributed by atoms with Crippen molar-refractivity contribution in [3.05, 3.63) is 53.6 Å². The van der Waals surface area contributed by atoms with Crippen LogP contribution in [0.2, 0.25) is 0 Å². The molecule has 1 saturated heterocycles. The lowest BCUT2D eigenvalue weighted by Crippen LogP contribution is -2.50. The van der Waals surface area contributed by atoms with E-state index >= 15 is 0 Å². The van der Waals surface area contributed by atoms with Gasteiger partial charge in [-0.25, -0.2) is 4.79 Å². The van der Waals surface area contributed by atoms with E-state index in [2.05, 4.69) is 72.6 Å². The molecule has 0 saturated carbocycles. The normalized spacial score (nSPS) is 14.7. The summed E-state index contributed by atoms with van der Waals surface area (Å²) in [5.74, 6) is 0. The van der Waals surface area contributed by atoms with E-state index in [0.29, 0.717) is 13.1 Å². The molecule has 0 atom stereocenters. The van der Waals surface area contributed by atoms with Gasteiger partial charge < -0.3 is 19.9 Å². The molecule has 32 heavy (non-hydrogen) atoms. The van der Waals surface area contributed by atoms with Crippen LogP contribution in [0.4, 0.5) is 16.2 Å². The van der Waals surface area contributed by atoms with Crippen molar-refractivity contribution in [3.8, 4) is 11.1 Å². The molecule has 0 unspecified atom stereocenters. The lowest BCUT2D eigenvalue weighted by Gasteiger charge is -2.37. The number of aryl methyl sites for hydroxylation is 1. The molecule has 1 aliphatic rings. The van der Waals surface area contributed by atoms with Crippen LogP contribution < -0.4 is 10.2 Å². The number of carbonyl (C=O) groups excluding carboxylic acids is 1. The van der Waals surface area contributed by atoms with E-state index < -0.39 is 5.60 Å². The number of piperazine rings is 1. The molecular weight excluding hydrogens is 398 g/mol. The molecule has 0 bridgehead atoms. The number of hydrogen-bond acceptors (Lipinski definition) is 4. The number of ether oxygens (including phenoxy) is 1. The van der Waals surface area contributed by atoms with Crippen molar-refractivity contribution in [2.24, 2.45) is 0 Å². The zero-order valence-corrected chi connectivity index (χ0v) is 20.4. The van der Waals surface area contributed by atoms with E-state index in [-0.39, 0.29) is 6.09 Å². The monoisotopic (exact) mass is 435 g/mol. The number of hydrogen-bond donors (Lipinski definition) is 1. The quantitative estimate of drug-likeness (QED) is 0.609. The Morgan fingerprint density at radius 2 is 1.75 bits per heavy atom. The van der Waals surface area contributed by atoms with Crippen molar-refractivity contribution in [1.82, 2.24) is 4.90 Å². The fourth-order valence-electron chi connectivity index (χ4n) is 3.99. The number of rotatable bonds is 5. The molecule has 5 heteroatoms. The summed E-state index contributed by atoms with van der Waals surface area (Å²) in [6.07, 6.45) is 5.18. The Kier molecular flexibility index (Phi) is 7.49. The molecule has 5 nitrogen and oxygen atoms in total. The van der Waals surface area contributed by atoms with E-state index in [4.69, 9.17) is 4.74 Å². The zero-order valence-electron chi connectivity index (χ0n) is 20.4. The maximum Gasteiger partial charge on any atom is 0.410 e. The largest absolute Gasteiger partial charge is 0.444 e. The molecule has 1 heterocycles. The highest BCUT2D eigenvalue weighted by Gasteiger charge is 2.26. The van der Waals surface area contributed by atoms with Gasteiger partial charge in [-0.3, -0.25) is 0 Å². The van der Waals surface area contributed by atoms with Crippen LogP contribution in [0.5, 0.6) is 0 Å². The van der Waals surface area contributed by atoms with E-state index in [1.807, 2.05) is 27.8 Å². The second-order valence-corrected chi connectivity index (χ2v) is 9.32. The zero-order chi connectivity index (χ0) is 23.3. The maximum atomic E-state index is 12.3. The predicted octanol–water partition coefficient (Wildman–Crippen LogP) is 6.18. The molecule has 0 aromatic heterocycles. The first-order valence-electron chi connectivity index (χ1n) is 11.5. The van der Waals surface area contributed by atoms with Crippen molar-refractivity contribution < 1.29 is 9.53 Å². The summed E-state index contributed by atoms with van der Waals surface area (Å²) in [4.78, 5) is 16.5. The highest BCUT2D eigenvalue weighted by atomic mass is 16.6. The molecule has 3 rings (SSSR count). The first kappa shape index (κ1) is 23.7. The smallest absolute Gasteiger partial charge is 0.410 e. The van der Waals surface area contributed by atoms with Gasteiger partial charge in [0, 0.05) is 50.2 Å². The lowest BCUT2D eigenvalue weighted by molar-refractivity contribution is 0.0240. The van der Waals surface area contributed by atoms with Crippen LogP contribution in [0.15, 0.2) is 42.5 Å². The van der Waals surface area contributed by atoms with Crippen LogP contribution in [-0.4, -0.2) is 49.8 Å². The van der Waals surface area contributed by atoms with Gasteiger partial charge in [-0.15, -0.1) is 0 Å². The molecule has 1 fully saturated rings. The van der Waals surface area contributed by atoms with E-state index in [1.54, 1.807) is 4.90 Å². The summed E-state index contributed by atoms with van der Waals surface area (Å²) in [5.41, 5.74) is 6.75. The van der Waals surface area contributed by atoms with Gasteiger partial charge in [0.25, 0.3) is 0 Å². The van der Waals surface area contributed by atoms with Crippen molar-refractivity contribution in [3.63, 3.8) is 0 Å². The van der Waals surface area contributed by atoms with E-state index in [9.17, 15) is 4.79 Å². The predicted molar refractivity (Wildman–Crippen MR) is 136 cm³/mol. The molecule has 1 aliphatic heterocycles. The van der Waals surface area contributed by atoms with Crippen LogP contribution in [0, 0.1) is 6.92 Å². The third kappa shape index (κ3) is 5.84. The third-order valence-corrected chi connectivity index (χ3v) is 5.66. The van der Waals surface area contributed by atoms with Crippen LogP contribution >= 0.6 is 0 Å². The molecule has 0 spiro atoms. The minimum Gasteiger partial charge on any atom is -0.444 e. The minimum absolute atomic E-state index is 0.226. The number of carbonyl (C=O) groups is 1. The lowest BCUT2D eigenvalue weighted by atomic mass is 9.96. The Morgan fingerprint density at radius 1 is 1.06 bits per heavy atom. The van der Waals surface area contributed by atoms with Crippen molar-refractivity contribution in [2.75, 3.05) is 43.4 Å². The maximum absolute atomic E-state index is 12.3. The second kappa shape index (κ2) is 10.1. The number of amides is 1. The van der Waals surface area contributed by atoms with Gasteiger partial charge in [0.15, 0.2) is 0 Å². The van der Waals surface area contributed by atoms with Gasteiger partial charge in [0.1, 0.15) is 5.60 Å². The Hall–Kier alpha value is -2.95. The number of benzene rings is 2. The standard InChI is InChI=1S/C27H37N3O2/c1-7-8-9-21-10-12-23(20(2)18-21)24-13-11-22(19-25(24)28-6)29-14-16-30(17-15-29)26(31)32-27(3,4)5/h8-13,18-19,28H,7,14-17H2,1-6H3/b9-8+. The van der Waals surface area contributed by atoms with Crippen LogP contribution in [0.3, 0.4) is 0 Å². The Balaban J connectivity index is 1.74. The summed E-state index contributed by atoms with van der Waals surface area (Å²) >= 11 is 0. The number of anilines is 2.